The summed E-state index contributed by atoms with van der Waals surface area (Å²) in [5.74, 6) is -0.273. The van der Waals surface area contributed by atoms with Crippen LogP contribution < -0.4 is 10.9 Å². The molecule has 0 aliphatic carbocycles. The number of rotatable bonds is 6. The zero-order chi connectivity index (χ0) is 15.2. The Kier molecular flexibility index (Phi) is 5.50. The van der Waals surface area contributed by atoms with Crippen LogP contribution in [0.15, 0.2) is 39.7 Å². The molecule has 112 valence electrons. The van der Waals surface area contributed by atoms with Gasteiger partial charge >= 0.3 is 0 Å². The van der Waals surface area contributed by atoms with Gasteiger partial charge in [-0.2, -0.15) is 5.10 Å². The number of unbranched alkanes of at least 4 members (excludes halogenated alkanes) is 1. The molecule has 1 aromatic carbocycles. The first-order valence-corrected chi connectivity index (χ1v) is 7.65. The summed E-state index contributed by atoms with van der Waals surface area (Å²) in [6.07, 6.45) is 3.49. The van der Waals surface area contributed by atoms with Gasteiger partial charge in [0, 0.05) is 18.7 Å². The number of benzene rings is 1. The Morgan fingerprint density at radius 3 is 2.86 bits per heavy atom. The largest absolute Gasteiger partial charge is 0.378 e. The van der Waals surface area contributed by atoms with Crippen molar-refractivity contribution < 1.29 is 4.39 Å². The monoisotopic (exact) mass is 353 g/mol. The molecule has 21 heavy (non-hydrogen) atoms. The van der Waals surface area contributed by atoms with Crippen molar-refractivity contribution in [3.05, 3.63) is 56.7 Å². The summed E-state index contributed by atoms with van der Waals surface area (Å²) in [6, 6.07) is 6.53. The molecule has 0 aliphatic rings. The van der Waals surface area contributed by atoms with Gasteiger partial charge in [0.25, 0.3) is 5.56 Å². The van der Waals surface area contributed by atoms with E-state index in [-0.39, 0.29) is 11.4 Å². The molecule has 2 rings (SSSR count). The summed E-state index contributed by atoms with van der Waals surface area (Å²) in [5, 5.41) is 7.16. The fourth-order valence-electron chi connectivity index (χ4n) is 1.89. The summed E-state index contributed by atoms with van der Waals surface area (Å²) in [4.78, 5) is 12.1. The molecule has 4 nitrogen and oxygen atoms in total. The third-order valence-electron chi connectivity index (χ3n) is 3.14. The van der Waals surface area contributed by atoms with Gasteiger partial charge in [-0.25, -0.2) is 9.07 Å². The molecule has 2 aromatic rings. The molecule has 1 heterocycles. The van der Waals surface area contributed by atoms with Crippen LogP contribution in [0.5, 0.6) is 0 Å². The van der Waals surface area contributed by atoms with Crippen LogP contribution in [0, 0.1) is 5.82 Å². The fraction of sp³-hybridized carbons (Fsp3) is 0.333. The molecule has 0 aliphatic heterocycles. The van der Waals surface area contributed by atoms with Gasteiger partial charge < -0.3 is 5.32 Å². The Bertz CT molecular complexity index is 672. The van der Waals surface area contributed by atoms with Gasteiger partial charge in [0.1, 0.15) is 10.3 Å². The minimum absolute atomic E-state index is 0.179. The average Bonchev–Trinajstić information content (AvgIpc) is 2.49. The van der Waals surface area contributed by atoms with Crippen molar-refractivity contribution in [2.24, 2.45) is 0 Å². The zero-order valence-electron chi connectivity index (χ0n) is 11.8. The van der Waals surface area contributed by atoms with Gasteiger partial charge in [0.05, 0.1) is 11.9 Å². The highest BCUT2D eigenvalue weighted by atomic mass is 79.9. The molecule has 0 atom stereocenters. The lowest BCUT2D eigenvalue weighted by Gasteiger charge is -2.10. The van der Waals surface area contributed by atoms with E-state index in [0.717, 1.165) is 12.8 Å². The number of halogens is 2. The summed E-state index contributed by atoms with van der Waals surface area (Å²) in [7, 11) is 0. The third kappa shape index (κ3) is 3.91. The van der Waals surface area contributed by atoms with Gasteiger partial charge in [-0.15, -0.1) is 0 Å². The Labute approximate surface area is 131 Å². The Morgan fingerprint density at radius 1 is 1.38 bits per heavy atom. The Hall–Kier alpha value is -1.69. The molecule has 0 saturated carbocycles. The summed E-state index contributed by atoms with van der Waals surface area (Å²) in [6.45, 7) is 2.96. The number of hydrogen-bond acceptors (Lipinski definition) is 3. The van der Waals surface area contributed by atoms with Crippen molar-refractivity contribution in [2.75, 3.05) is 5.32 Å². The number of nitrogens with one attached hydrogen (secondary N) is 1. The van der Waals surface area contributed by atoms with Crippen LogP contribution in [0.4, 0.5) is 10.1 Å². The predicted molar refractivity (Wildman–Crippen MR) is 84.8 cm³/mol. The number of nitrogens with zero attached hydrogens (tertiary/aromatic N) is 2. The van der Waals surface area contributed by atoms with Crippen LogP contribution in [0.25, 0.3) is 0 Å². The summed E-state index contributed by atoms with van der Waals surface area (Å²) >= 11 is 3.29. The second kappa shape index (κ2) is 7.36. The van der Waals surface area contributed by atoms with Gasteiger partial charge in [-0.05, 0) is 28.4 Å². The minimum Gasteiger partial charge on any atom is -0.378 e. The quantitative estimate of drug-likeness (QED) is 0.863. The molecule has 6 heteroatoms. The lowest BCUT2D eigenvalue weighted by Crippen LogP contribution is -2.24. The molecule has 0 saturated heterocycles. The van der Waals surface area contributed by atoms with Crippen molar-refractivity contribution in [1.82, 2.24) is 9.78 Å². The first-order chi connectivity index (χ1) is 10.1. The van der Waals surface area contributed by atoms with Crippen molar-refractivity contribution in [3.63, 3.8) is 0 Å². The van der Waals surface area contributed by atoms with E-state index in [0.29, 0.717) is 28.8 Å². The van der Waals surface area contributed by atoms with Crippen molar-refractivity contribution >= 4 is 21.6 Å². The van der Waals surface area contributed by atoms with Gasteiger partial charge in [-0.1, -0.05) is 31.5 Å². The standard InChI is InChI=1S/C15H17BrFN3O/c1-2-3-8-20-15(21)14(16)13(10-19-20)18-9-11-6-4-5-7-12(11)17/h4-7,10,18H,2-3,8-9H2,1H3. The molecule has 0 amide bonds. The average molecular weight is 354 g/mol. The lowest BCUT2D eigenvalue weighted by atomic mass is 10.2. The minimum atomic E-state index is -0.273. The molecule has 0 bridgehead atoms. The van der Waals surface area contributed by atoms with E-state index in [1.807, 2.05) is 0 Å². The molecule has 0 unspecified atom stereocenters. The summed E-state index contributed by atoms with van der Waals surface area (Å²) < 4.78 is 15.4. The Balaban J connectivity index is 2.13. The highest BCUT2D eigenvalue weighted by molar-refractivity contribution is 9.10. The van der Waals surface area contributed by atoms with Crippen molar-refractivity contribution in [2.45, 2.75) is 32.9 Å². The Morgan fingerprint density at radius 2 is 2.14 bits per heavy atom. The van der Waals surface area contributed by atoms with Gasteiger partial charge in [0.15, 0.2) is 0 Å². The smallest absolute Gasteiger partial charge is 0.283 e. The third-order valence-corrected chi connectivity index (χ3v) is 3.90. The van der Waals surface area contributed by atoms with Crippen LogP contribution in [-0.4, -0.2) is 9.78 Å². The van der Waals surface area contributed by atoms with E-state index in [2.05, 4.69) is 33.3 Å². The van der Waals surface area contributed by atoms with Crippen LogP contribution in [-0.2, 0) is 13.1 Å². The highest BCUT2D eigenvalue weighted by Gasteiger charge is 2.09. The second-order valence-electron chi connectivity index (χ2n) is 4.70. The molecule has 1 aromatic heterocycles. The fourth-order valence-corrected chi connectivity index (χ4v) is 2.33. The maximum absolute atomic E-state index is 13.5. The van der Waals surface area contributed by atoms with E-state index < -0.39 is 0 Å². The predicted octanol–water partition coefficient (Wildman–Crippen LogP) is 3.56. The van der Waals surface area contributed by atoms with Crippen LogP contribution in [0.3, 0.4) is 0 Å². The van der Waals surface area contributed by atoms with Crippen LogP contribution in [0.2, 0.25) is 0 Å². The SMILES string of the molecule is CCCCn1ncc(NCc2ccccc2F)c(Br)c1=O. The molecule has 0 fully saturated rings. The molecular weight excluding hydrogens is 337 g/mol. The van der Waals surface area contributed by atoms with Crippen LogP contribution >= 0.6 is 15.9 Å². The normalized spacial score (nSPS) is 10.6. The zero-order valence-corrected chi connectivity index (χ0v) is 13.4. The van der Waals surface area contributed by atoms with E-state index in [9.17, 15) is 9.18 Å². The number of aromatic nitrogens is 2. The van der Waals surface area contributed by atoms with E-state index in [4.69, 9.17) is 0 Å². The molecule has 0 spiro atoms. The molecular formula is C15H17BrFN3O. The van der Waals surface area contributed by atoms with E-state index >= 15 is 0 Å². The topological polar surface area (TPSA) is 46.9 Å². The van der Waals surface area contributed by atoms with Crippen molar-refractivity contribution in [3.8, 4) is 0 Å². The van der Waals surface area contributed by atoms with Crippen molar-refractivity contribution in [1.29, 1.82) is 0 Å². The van der Waals surface area contributed by atoms with Crippen LogP contribution in [0.1, 0.15) is 25.3 Å². The van der Waals surface area contributed by atoms with Gasteiger partial charge in [0.2, 0.25) is 0 Å². The number of anilines is 1. The molecule has 0 radical (unpaired) electrons. The molecule has 1 N–H and O–H groups in total. The number of hydrogen-bond donors (Lipinski definition) is 1. The van der Waals surface area contributed by atoms with Gasteiger partial charge in [-0.3, -0.25) is 4.79 Å². The lowest BCUT2D eigenvalue weighted by molar-refractivity contribution is 0.541. The first kappa shape index (κ1) is 15.7. The maximum atomic E-state index is 13.5. The second-order valence-corrected chi connectivity index (χ2v) is 5.49. The number of aryl methyl sites for hydroxylation is 1. The maximum Gasteiger partial charge on any atom is 0.283 e. The first-order valence-electron chi connectivity index (χ1n) is 6.86. The van der Waals surface area contributed by atoms with E-state index in [1.165, 1.54) is 10.7 Å². The highest BCUT2D eigenvalue weighted by Crippen LogP contribution is 2.18. The summed E-state index contributed by atoms with van der Waals surface area (Å²) in [5.41, 5.74) is 0.928. The van der Waals surface area contributed by atoms with E-state index in [1.54, 1.807) is 24.4 Å².